The van der Waals surface area contributed by atoms with Crippen LogP contribution in [0.5, 0.6) is 0 Å². The first kappa shape index (κ1) is 21.1. The zero-order valence-corrected chi connectivity index (χ0v) is 18.7. The second-order valence-electron chi connectivity index (χ2n) is 10.5. The van der Waals surface area contributed by atoms with Crippen LogP contribution in [0.1, 0.15) is 61.3 Å². The Morgan fingerprint density at radius 2 is 1.82 bits per heavy atom. The zero-order chi connectivity index (χ0) is 22.7. The Balaban J connectivity index is 1.39. The van der Waals surface area contributed by atoms with Crippen molar-refractivity contribution >= 4 is 6.09 Å². The van der Waals surface area contributed by atoms with Crippen molar-refractivity contribution in [3.63, 3.8) is 0 Å². The highest BCUT2D eigenvalue weighted by atomic mass is 19.3. The molecule has 5 aliphatic rings. The fourth-order valence-corrected chi connectivity index (χ4v) is 6.79. The molecule has 2 bridgehead atoms. The van der Waals surface area contributed by atoms with Crippen LogP contribution in [0.4, 0.5) is 13.6 Å². The van der Waals surface area contributed by atoms with Gasteiger partial charge >= 0.3 is 6.09 Å². The maximum absolute atomic E-state index is 13.2. The fraction of sp³-hybridized carbons (Fsp3) is 0.519. The summed E-state index contributed by atoms with van der Waals surface area (Å²) in [5, 5.41) is 10.4. The van der Waals surface area contributed by atoms with Crippen LogP contribution in [0.15, 0.2) is 42.5 Å². The highest BCUT2D eigenvalue weighted by Crippen LogP contribution is 2.63. The van der Waals surface area contributed by atoms with E-state index < -0.39 is 12.5 Å². The Labute approximate surface area is 193 Å². The third-order valence-corrected chi connectivity index (χ3v) is 8.75. The van der Waals surface area contributed by atoms with Crippen molar-refractivity contribution in [2.75, 3.05) is 19.6 Å². The van der Waals surface area contributed by atoms with Gasteiger partial charge in [0.1, 0.15) is 0 Å². The second kappa shape index (κ2) is 7.79. The Hall–Kier alpha value is -2.47. The first-order valence-electron chi connectivity index (χ1n) is 12.2. The number of carboxylic acid groups (broad SMARTS) is 1. The van der Waals surface area contributed by atoms with Gasteiger partial charge in [-0.15, -0.1) is 0 Å². The minimum atomic E-state index is -2.49. The molecule has 1 saturated carbocycles. The summed E-state index contributed by atoms with van der Waals surface area (Å²) >= 11 is 0. The lowest BCUT2D eigenvalue weighted by atomic mass is 9.73. The minimum Gasteiger partial charge on any atom is -0.465 e. The van der Waals surface area contributed by atoms with Gasteiger partial charge in [-0.1, -0.05) is 36.4 Å². The normalized spacial score (nSPS) is 29.2. The van der Waals surface area contributed by atoms with E-state index in [0.717, 1.165) is 74.8 Å². The lowest BCUT2D eigenvalue weighted by Crippen LogP contribution is -2.60. The summed E-state index contributed by atoms with van der Waals surface area (Å²) < 4.78 is 26.4. The van der Waals surface area contributed by atoms with E-state index in [9.17, 15) is 18.7 Å². The molecular formula is C27H30F2N2O2. The molecule has 1 unspecified atom stereocenters. The molecule has 0 aromatic heterocycles. The summed E-state index contributed by atoms with van der Waals surface area (Å²) in [7, 11) is 0. The average Bonchev–Trinajstić information content (AvgIpc) is 3.61. The van der Waals surface area contributed by atoms with Gasteiger partial charge in [0.25, 0.3) is 6.43 Å². The third kappa shape index (κ3) is 3.54. The summed E-state index contributed by atoms with van der Waals surface area (Å²) in [6.45, 7) is 3.02. The molecular weight excluding hydrogens is 422 g/mol. The molecule has 6 heteroatoms. The standard InChI is InChI=1S/C27H30F2N2O2/c28-25(29)21-3-1-2-18(15-21)19-4-5-22-20(14-19)6-9-27(10-11-27)24(22)31(26(32)33)23-16-30-12-7-17(23)8-13-30/h1-5,14-15,17,23-25H,6-13,16H2,(H,32,33)/t23-,24?/m1/s1. The van der Waals surface area contributed by atoms with Gasteiger partial charge in [0.15, 0.2) is 0 Å². The van der Waals surface area contributed by atoms with Crippen LogP contribution in [0, 0.1) is 11.3 Å². The monoisotopic (exact) mass is 452 g/mol. The Morgan fingerprint density at radius 1 is 1.06 bits per heavy atom. The van der Waals surface area contributed by atoms with E-state index in [1.165, 1.54) is 11.6 Å². The predicted octanol–water partition coefficient (Wildman–Crippen LogP) is 6.13. The highest BCUT2D eigenvalue weighted by molar-refractivity contribution is 5.69. The number of rotatable bonds is 4. The number of halogens is 2. The van der Waals surface area contributed by atoms with Crippen molar-refractivity contribution in [2.45, 2.75) is 57.0 Å². The van der Waals surface area contributed by atoms with Crippen molar-refractivity contribution in [3.05, 3.63) is 59.2 Å². The molecule has 33 heavy (non-hydrogen) atoms. The lowest BCUT2D eigenvalue weighted by molar-refractivity contribution is -0.0243. The molecule has 3 saturated heterocycles. The Bertz CT molecular complexity index is 1080. The van der Waals surface area contributed by atoms with E-state index in [1.54, 1.807) is 12.1 Å². The van der Waals surface area contributed by atoms with Gasteiger partial charge in [0.05, 0.1) is 12.1 Å². The van der Waals surface area contributed by atoms with E-state index in [-0.39, 0.29) is 23.1 Å². The highest BCUT2D eigenvalue weighted by Gasteiger charge is 2.57. The van der Waals surface area contributed by atoms with Crippen LogP contribution in [0.2, 0.25) is 0 Å². The summed E-state index contributed by atoms with van der Waals surface area (Å²) in [6, 6.07) is 12.7. The topological polar surface area (TPSA) is 43.8 Å². The molecule has 4 fully saturated rings. The summed E-state index contributed by atoms with van der Waals surface area (Å²) in [5.74, 6) is 0.448. The number of carbonyl (C=O) groups is 1. The van der Waals surface area contributed by atoms with Crippen LogP contribution < -0.4 is 0 Å². The number of fused-ring (bicyclic) bond motifs is 4. The largest absolute Gasteiger partial charge is 0.465 e. The molecule has 0 radical (unpaired) electrons. The molecule has 2 aliphatic carbocycles. The van der Waals surface area contributed by atoms with E-state index in [4.69, 9.17) is 0 Å². The molecule has 1 amide bonds. The van der Waals surface area contributed by atoms with Crippen molar-refractivity contribution in [1.82, 2.24) is 9.80 Å². The number of amides is 1. The average molecular weight is 453 g/mol. The molecule has 174 valence electrons. The number of benzene rings is 2. The molecule has 4 nitrogen and oxygen atoms in total. The Kier molecular flexibility index (Phi) is 4.98. The van der Waals surface area contributed by atoms with Gasteiger partial charge in [-0.2, -0.15) is 0 Å². The van der Waals surface area contributed by atoms with Gasteiger partial charge < -0.3 is 10.0 Å². The summed E-state index contributed by atoms with van der Waals surface area (Å²) in [6.07, 6.45) is 2.96. The van der Waals surface area contributed by atoms with E-state index in [2.05, 4.69) is 17.0 Å². The fourth-order valence-electron chi connectivity index (χ4n) is 6.79. The number of alkyl halides is 2. The molecule has 3 heterocycles. The molecule has 2 aromatic rings. The first-order valence-corrected chi connectivity index (χ1v) is 12.2. The molecule has 2 aromatic carbocycles. The molecule has 1 spiro atoms. The molecule has 3 aliphatic heterocycles. The van der Waals surface area contributed by atoms with Crippen LogP contribution in [-0.4, -0.2) is 46.7 Å². The third-order valence-electron chi connectivity index (χ3n) is 8.75. The molecule has 1 N–H and O–H groups in total. The maximum atomic E-state index is 13.2. The van der Waals surface area contributed by atoms with E-state index >= 15 is 0 Å². The van der Waals surface area contributed by atoms with Crippen molar-refractivity contribution < 1.29 is 18.7 Å². The van der Waals surface area contributed by atoms with Gasteiger partial charge in [-0.25, -0.2) is 13.6 Å². The number of nitrogens with zero attached hydrogens (tertiary/aromatic N) is 2. The number of hydrogen-bond acceptors (Lipinski definition) is 2. The SMILES string of the molecule is O=C(O)N(C1c2ccc(-c3cccc(C(F)F)c3)cc2CCC12CC2)[C@@H]1CN2CCC1CC2. The quantitative estimate of drug-likeness (QED) is 0.607. The van der Waals surface area contributed by atoms with E-state index in [1.807, 2.05) is 17.0 Å². The zero-order valence-electron chi connectivity index (χ0n) is 18.7. The summed E-state index contributed by atoms with van der Waals surface area (Å²) in [5.41, 5.74) is 4.10. The molecule has 2 atom stereocenters. The van der Waals surface area contributed by atoms with E-state index in [0.29, 0.717) is 5.92 Å². The van der Waals surface area contributed by atoms with Crippen molar-refractivity contribution in [2.24, 2.45) is 11.3 Å². The Morgan fingerprint density at radius 3 is 2.45 bits per heavy atom. The molecule has 7 rings (SSSR count). The van der Waals surface area contributed by atoms with Crippen LogP contribution in [0.3, 0.4) is 0 Å². The first-order chi connectivity index (χ1) is 15.9. The van der Waals surface area contributed by atoms with Gasteiger partial charge in [-0.3, -0.25) is 4.90 Å². The number of hydrogen-bond donors (Lipinski definition) is 1. The smallest absolute Gasteiger partial charge is 0.408 e. The lowest BCUT2D eigenvalue weighted by Gasteiger charge is -2.52. The van der Waals surface area contributed by atoms with Crippen LogP contribution in [-0.2, 0) is 6.42 Å². The van der Waals surface area contributed by atoms with Crippen LogP contribution >= 0.6 is 0 Å². The predicted molar refractivity (Wildman–Crippen MR) is 122 cm³/mol. The number of piperidine rings is 3. The maximum Gasteiger partial charge on any atom is 0.408 e. The number of aryl methyl sites for hydroxylation is 1. The second-order valence-corrected chi connectivity index (χ2v) is 10.5. The van der Waals surface area contributed by atoms with Gasteiger partial charge in [0, 0.05) is 12.1 Å². The van der Waals surface area contributed by atoms with Gasteiger partial charge in [-0.05, 0) is 91.3 Å². The van der Waals surface area contributed by atoms with Crippen molar-refractivity contribution in [1.29, 1.82) is 0 Å². The minimum absolute atomic E-state index is 0.0273. The summed E-state index contributed by atoms with van der Waals surface area (Å²) in [4.78, 5) is 17.0. The van der Waals surface area contributed by atoms with Crippen molar-refractivity contribution in [3.8, 4) is 11.1 Å². The van der Waals surface area contributed by atoms with Crippen LogP contribution in [0.25, 0.3) is 11.1 Å². The van der Waals surface area contributed by atoms with Gasteiger partial charge in [0.2, 0.25) is 0 Å².